The number of aliphatic carboxylic acids is 1. The van der Waals surface area contributed by atoms with Crippen molar-refractivity contribution in [3.63, 3.8) is 0 Å². The maximum atomic E-state index is 11.2. The smallest absolute Gasteiger partial charge is 0.306 e. The van der Waals surface area contributed by atoms with Crippen LogP contribution in [-0.2, 0) is 4.79 Å². The molecule has 2 heteroatoms. The number of unbranched alkanes of at least 4 members (excludes halogenated alkanes) is 2. The molecule has 4 aliphatic rings. The van der Waals surface area contributed by atoms with E-state index < -0.39 is 5.97 Å². The van der Waals surface area contributed by atoms with Gasteiger partial charge in [0.1, 0.15) is 0 Å². The SMILES string of the molecule is CCCCCC12CCC([C@H]3CC[C@H](C(=O)O)CC3)(CC1)CC2. The van der Waals surface area contributed by atoms with E-state index in [0.29, 0.717) is 10.8 Å². The van der Waals surface area contributed by atoms with E-state index in [1.165, 1.54) is 77.0 Å². The van der Waals surface area contributed by atoms with Crippen molar-refractivity contribution in [1.82, 2.24) is 0 Å². The molecule has 0 unspecified atom stereocenters. The average Bonchev–Trinajstić information content (AvgIpc) is 2.57. The molecule has 0 aliphatic heterocycles. The fraction of sp³-hybridized carbons (Fsp3) is 0.950. The van der Waals surface area contributed by atoms with Crippen molar-refractivity contribution in [2.24, 2.45) is 22.7 Å². The van der Waals surface area contributed by atoms with Crippen LogP contribution in [0.5, 0.6) is 0 Å². The Balaban J connectivity index is 1.54. The van der Waals surface area contributed by atoms with Crippen molar-refractivity contribution < 1.29 is 9.90 Å². The van der Waals surface area contributed by atoms with E-state index in [9.17, 15) is 9.90 Å². The van der Waals surface area contributed by atoms with Gasteiger partial charge in [-0.1, -0.05) is 26.2 Å². The normalized spacial score (nSPS) is 41.5. The molecular weight excluding hydrogens is 272 g/mol. The lowest BCUT2D eigenvalue weighted by Gasteiger charge is -2.58. The van der Waals surface area contributed by atoms with Crippen LogP contribution in [0.4, 0.5) is 0 Å². The van der Waals surface area contributed by atoms with Gasteiger partial charge in [0, 0.05) is 0 Å². The highest BCUT2D eigenvalue weighted by molar-refractivity contribution is 5.70. The molecule has 0 radical (unpaired) electrons. The molecule has 4 aliphatic carbocycles. The molecule has 0 aromatic carbocycles. The molecule has 126 valence electrons. The summed E-state index contributed by atoms with van der Waals surface area (Å²) in [5, 5.41) is 9.20. The summed E-state index contributed by atoms with van der Waals surface area (Å²) in [7, 11) is 0. The van der Waals surface area contributed by atoms with Gasteiger partial charge in [-0.05, 0) is 87.4 Å². The summed E-state index contributed by atoms with van der Waals surface area (Å²) in [5.41, 5.74) is 1.31. The maximum Gasteiger partial charge on any atom is 0.306 e. The van der Waals surface area contributed by atoms with Gasteiger partial charge in [-0.3, -0.25) is 4.79 Å². The highest BCUT2D eigenvalue weighted by Gasteiger charge is 2.51. The Morgan fingerprint density at radius 2 is 1.55 bits per heavy atom. The predicted molar refractivity (Wildman–Crippen MR) is 89.8 cm³/mol. The Labute approximate surface area is 136 Å². The minimum absolute atomic E-state index is 0.0482. The van der Waals surface area contributed by atoms with Crippen molar-refractivity contribution in [2.45, 2.75) is 96.8 Å². The molecule has 2 nitrogen and oxygen atoms in total. The average molecular weight is 306 g/mol. The van der Waals surface area contributed by atoms with Crippen LogP contribution in [0.3, 0.4) is 0 Å². The molecule has 4 fully saturated rings. The predicted octanol–water partition coefficient (Wildman–Crippen LogP) is 5.80. The maximum absolute atomic E-state index is 11.2. The highest BCUT2D eigenvalue weighted by Crippen LogP contribution is 2.63. The third-order valence-electron chi connectivity index (χ3n) is 7.71. The molecule has 0 atom stereocenters. The van der Waals surface area contributed by atoms with E-state index >= 15 is 0 Å². The van der Waals surface area contributed by atoms with Gasteiger partial charge in [0.2, 0.25) is 0 Å². The minimum atomic E-state index is -0.557. The molecule has 22 heavy (non-hydrogen) atoms. The van der Waals surface area contributed by atoms with Crippen molar-refractivity contribution in [3.8, 4) is 0 Å². The number of carbonyl (C=O) groups is 1. The topological polar surface area (TPSA) is 37.3 Å². The van der Waals surface area contributed by atoms with Gasteiger partial charge in [-0.15, -0.1) is 0 Å². The molecule has 0 aromatic rings. The van der Waals surface area contributed by atoms with Crippen LogP contribution in [0.1, 0.15) is 96.8 Å². The van der Waals surface area contributed by atoms with Gasteiger partial charge in [-0.25, -0.2) is 0 Å². The zero-order chi connectivity index (χ0) is 15.6. The van der Waals surface area contributed by atoms with Gasteiger partial charge in [-0.2, -0.15) is 0 Å². The fourth-order valence-corrected chi connectivity index (χ4v) is 5.98. The van der Waals surface area contributed by atoms with Crippen LogP contribution in [0, 0.1) is 22.7 Å². The summed E-state index contributed by atoms with van der Waals surface area (Å²) < 4.78 is 0. The number of rotatable bonds is 6. The molecule has 0 amide bonds. The van der Waals surface area contributed by atoms with Gasteiger partial charge >= 0.3 is 5.97 Å². The molecule has 4 rings (SSSR count). The van der Waals surface area contributed by atoms with E-state index in [-0.39, 0.29) is 5.92 Å². The molecule has 0 spiro atoms. The third kappa shape index (κ3) is 3.08. The quantitative estimate of drug-likeness (QED) is 0.630. The first kappa shape index (κ1) is 16.3. The standard InChI is InChI=1S/C20H34O2/c1-2-3-4-9-19-10-13-20(14-11-19,15-12-19)17-7-5-16(6-8-17)18(21)22/h16-17H,2-15H2,1H3,(H,21,22)/t16-,17-,19?,20?. The Morgan fingerprint density at radius 1 is 0.955 bits per heavy atom. The van der Waals surface area contributed by atoms with Crippen molar-refractivity contribution in [1.29, 1.82) is 0 Å². The lowest BCUT2D eigenvalue weighted by atomic mass is 9.47. The second-order valence-corrected chi connectivity index (χ2v) is 8.71. The lowest BCUT2D eigenvalue weighted by molar-refractivity contribution is -0.144. The summed E-state index contributed by atoms with van der Waals surface area (Å²) in [5.74, 6) is 0.225. The van der Waals surface area contributed by atoms with Gasteiger partial charge in [0.15, 0.2) is 0 Å². The van der Waals surface area contributed by atoms with Crippen molar-refractivity contribution in [2.75, 3.05) is 0 Å². The monoisotopic (exact) mass is 306 g/mol. The Hall–Kier alpha value is -0.530. The van der Waals surface area contributed by atoms with Crippen LogP contribution in [0.15, 0.2) is 0 Å². The van der Waals surface area contributed by atoms with Crippen molar-refractivity contribution in [3.05, 3.63) is 0 Å². The van der Waals surface area contributed by atoms with Crippen LogP contribution in [-0.4, -0.2) is 11.1 Å². The van der Waals surface area contributed by atoms with Crippen LogP contribution >= 0.6 is 0 Å². The largest absolute Gasteiger partial charge is 0.481 e. The number of hydrogen-bond acceptors (Lipinski definition) is 1. The molecule has 2 bridgehead atoms. The first-order valence-corrected chi connectivity index (χ1v) is 9.82. The van der Waals surface area contributed by atoms with Crippen LogP contribution in [0.2, 0.25) is 0 Å². The van der Waals surface area contributed by atoms with E-state index in [2.05, 4.69) is 6.92 Å². The van der Waals surface area contributed by atoms with Gasteiger partial charge in [0.05, 0.1) is 5.92 Å². The molecule has 1 N–H and O–H groups in total. The minimum Gasteiger partial charge on any atom is -0.481 e. The highest BCUT2D eigenvalue weighted by atomic mass is 16.4. The second kappa shape index (κ2) is 6.53. The van der Waals surface area contributed by atoms with E-state index in [1.807, 2.05) is 0 Å². The van der Waals surface area contributed by atoms with E-state index in [0.717, 1.165) is 18.8 Å². The zero-order valence-electron chi connectivity index (χ0n) is 14.4. The zero-order valence-corrected chi connectivity index (χ0v) is 14.4. The third-order valence-corrected chi connectivity index (χ3v) is 7.71. The second-order valence-electron chi connectivity index (χ2n) is 8.71. The first-order chi connectivity index (χ1) is 10.6. The molecule has 0 aromatic heterocycles. The molecule has 4 saturated carbocycles. The molecular formula is C20H34O2. The Kier molecular flexibility index (Phi) is 4.85. The molecule has 0 saturated heterocycles. The number of carboxylic acid groups (broad SMARTS) is 1. The molecule has 0 heterocycles. The fourth-order valence-electron chi connectivity index (χ4n) is 5.98. The first-order valence-electron chi connectivity index (χ1n) is 9.82. The Morgan fingerprint density at radius 3 is 2.05 bits per heavy atom. The van der Waals surface area contributed by atoms with Crippen LogP contribution in [0.25, 0.3) is 0 Å². The van der Waals surface area contributed by atoms with E-state index in [1.54, 1.807) is 0 Å². The summed E-state index contributed by atoms with van der Waals surface area (Å²) in [6, 6.07) is 0. The van der Waals surface area contributed by atoms with E-state index in [4.69, 9.17) is 0 Å². The summed E-state index contributed by atoms with van der Waals surface area (Å²) in [6.45, 7) is 2.30. The number of fused-ring (bicyclic) bond motifs is 3. The summed E-state index contributed by atoms with van der Waals surface area (Å²) >= 11 is 0. The summed E-state index contributed by atoms with van der Waals surface area (Å²) in [6.07, 6.45) is 18.6. The van der Waals surface area contributed by atoms with Crippen LogP contribution < -0.4 is 0 Å². The van der Waals surface area contributed by atoms with Gasteiger partial charge in [0.25, 0.3) is 0 Å². The number of hydrogen-bond donors (Lipinski definition) is 1. The summed E-state index contributed by atoms with van der Waals surface area (Å²) in [4.78, 5) is 11.2. The Bertz CT molecular complexity index is 368. The van der Waals surface area contributed by atoms with Crippen molar-refractivity contribution >= 4 is 5.97 Å². The lowest BCUT2D eigenvalue weighted by Crippen LogP contribution is -2.46. The number of carboxylic acids is 1. The van der Waals surface area contributed by atoms with Gasteiger partial charge < -0.3 is 5.11 Å².